The number of nitro groups is 1. The summed E-state index contributed by atoms with van der Waals surface area (Å²) in [6.45, 7) is 4.07. The Balaban J connectivity index is 2.72. The van der Waals surface area contributed by atoms with Crippen LogP contribution in [-0.2, 0) is 0 Å². The minimum Gasteiger partial charge on any atom is -0.391 e. The van der Waals surface area contributed by atoms with E-state index in [9.17, 15) is 20.0 Å². The van der Waals surface area contributed by atoms with Crippen LogP contribution in [0.25, 0.3) is 0 Å². The van der Waals surface area contributed by atoms with Gasteiger partial charge in [0.1, 0.15) is 0 Å². The van der Waals surface area contributed by atoms with Crippen molar-refractivity contribution in [2.45, 2.75) is 26.4 Å². The number of halogens is 1. The highest BCUT2D eigenvalue weighted by Crippen LogP contribution is 2.22. The molecule has 0 fully saturated rings. The summed E-state index contributed by atoms with van der Waals surface area (Å²) in [6, 6.07) is 3.97. The molecule has 0 aromatic heterocycles. The van der Waals surface area contributed by atoms with E-state index in [-0.39, 0.29) is 17.8 Å². The summed E-state index contributed by atoms with van der Waals surface area (Å²) in [7, 11) is 0. The summed E-state index contributed by atoms with van der Waals surface area (Å²) < 4.78 is 0.471. The van der Waals surface area contributed by atoms with E-state index >= 15 is 0 Å². The lowest BCUT2D eigenvalue weighted by atomic mass is 10.1. The fraction of sp³-hybridized carbons (Fsp3) is 0.462. The van der Waals surface area contributed by atoms with Gasteiger partial charge in [0.15, 0.2) is 0 Å². The molecule has 0 aliphatic carbocycles. The van der Waals surface area contributed by atoms with Crippen LogP contribution >= 0.6 is 15.9 Å². The number of amides is 1. The van der Waals surface area contributed by atoms with Crippen molar-refractivity contribution in [3.05, 3.63) is 38.3 Å². The second-order valence-electron chi connectivity index (χ2n) is 4.91. The molecule has 110 valence electrons. The number of nitrogens with zero attached hydrogens (tertiary/aromatic N) is 1. The monoisotopic (exact) mass is 344 g/mol. The van der Waals surface area contributed by atoms with Crippen LogP contribution in [0.15, 0.2) is 22.7 Å². The minimum absolute atomic E-state index is 0.117. The van der Waals surface area contributed by atoms with Crippen LogP contribution in [0.2, 0.25) is 0 Å². The van der Waals surface area contributed by atoms with Crippen LogP contribution in [0.4, 0.5) is 5.69 Å². The summed E-state index contributed by atoms with van der Waals surface area (Å²) in [5.74, 6) is -0.130. The maximum atomic E-state index is 12.0. The van der Waals surface area contributed by atoms with Crippen LogP contribution in [-0.4, -0.2) is 28.6 Å². The molecule has 20 heavy (non-hydrogen) atoms. The van der Waals surface area contributed by atoms with Gasteiger partial charge in [0.25, 0.3) is 11.6 Å². The molecule has 2 N–H and O–H groups in total. The van der Waals surface area contributed by atoms with E-state index < -0.39 is 16.9 Å². The number of non-ortho nitro benzene ring substituents is 1. The normalized spacial score (nSPS) is 12.2. The summed E-state index contributed by atoms with van der Waals surface area (Å²) in [5.41, 5.74) is 0.0250. The average molecular weight is 345 g/mol. The molecular formula is C13H17BrN2O4. The number of benzene rings is 1. The zero-order chi connectivity index (χ0) is 15.3. The van der Waals surface area contributed by atoms with Gasteiger partial charge in [0, 0.05) is 23.2 Å². The van der Waals surface area contributed by atoms with Crippen LogP contribution in [0.5, 0.6) is 0 Å². The summed E-state index contributed by atoms with van der Waals surface area (Å²) >= 11 is 3.18. The Morgan fingerprint density at radius 1 is 1.50 bits per heavy atom. The zero-order valence-corrected chi connectivity index (χ0v) is 12.9. The van der Waals surface area contributed by atoms with E-state index in [0.29, 0.717) is 16.8 Å². The number of aliphatic hydroxyl groups excluding tert-OH is 1. The van der Waals surface area contributed by atoms with Crippen molar-refractivity contribution < 1.29 is 14.8 Å². The van der Waals surface area contributed by atoms with Gasteiger partial charge in [-0.15, -0.1) is 0 Å². The number of nitrogens with one attached hydrogen (secondary N) is 1. The molecular weight excluding hydrogens is 328 g/mol. The van der Waals surface area contributed by atoms with E-state index in [2.05, 4.69) is 21.2 Å². The molecule has 0 saturated carbocycles. The number of nitro benzene ring substituents is 1. The van der Waals surface area contributed by atoms with Crippen LogP contribution in [0.1, 0.15) is 30.6 Å². The molecule has 0 spiro atoms. The molecule has 6 nitrogen and oxygen atoms in total. The largest absolute Gasteiger partial charge is 0.391 e. The Hall–Kier alpha value is -1.47. The predicted octanol–water partition coefficient (Wildman–Crippen LogP) is 2.49. The van der Waals surface area contributed by atoms with Gasteiger partial charge in [-0.25, -0.2) is 0 Å². The molecule has 1 aromatic rings. The van der Waals surface area contributed by atoms with Crippen LogP contribution < -0.4 is 5.32 Å². The molecule has 1 amide bonds. The first-order valence-electron chi connectivity index (χ1n) is 6.21. The van der Waals surface area contributed by atoms with Crippen molar-refractivity contribution in [2.75, 3.05) is 6.54 Å². The van der Waals surface area contributed by atoms with Crippen molar-refractivity contribution in [3.63, 3.8) is 0 Å². The third-order valence-corrected chi connectivity index (χ3v) is 3.34. The summed E-state index contributed by atoms with van der Waals surface area (Å²) in [5, 5.41) is 23.0. The van der Waals surface area contributed by atoms with Crippen molar-refractivity contribution in [2.24, 2.45) is 5.92 Å². The third-order valence-electron chi connectivity index (χ3n) is 2.65. The molecule has 0 bridgehead atoms. The van der Waals surface area contributed by atoms with Gasteiger partial charge in [-0.05, 0) is 34.3 Å². The maximum absolute atomic E-state index is 12.0. The molecule has 0 saturated heterocycles. The number of hydrogen-bond acceptors (Lipinski definition) is 4. The first-order chi connectivity index (χ1) is 9.31. The number of carbonyl (C=O) groups is 1. The second-order valence-corrected chi connectivity index (χ2v) is 5.77. The topological polar surface area (TPSA) is 92.5 Å². The lowest BCUT2D eigenvalue weighted by Crippen LogP contribution is -2.33. The Labute approximate surface area is 125 Å². The lowest BCUT2D eigenvalue weighted by Gasteiger charge is -2.14. The molecule has 0 aliphatic rings. The van der Waals surface area contributed by atoms with Gasteiger partial charge >= 0.3 is 0 Å². The van der Waals surface area contributed by atoms with Gasteiger partial charge in [0.2, 0.25) is 0 Å². The van der Waals surface area contributed by atoms with Crippen molar-refractivity contribution in [1.82, 2.24) is 5.32 Å². The van der Waals surface area contributed by atoms with Gasteiger partial charge < -0.3 is 10.4 Å². The highest BCUT2D eigenvalue weighted by Gasteiger charge is 2.16. The third kappa shape index (κ3) is 4.90. The van der Waals surface area contributed by atoms with E-state index in [0.717, 1.165) is 0 Å². The van der Waals surface area contributed by atoms with E-state index in [1.54, 1.807) is 0 Å². The minimum atomic E-state index is -0.628. The van der Waals surface area contributed by atoms with Crippen LogP contribution in [0.3, 0.4) is 0 Å². The zero-order valence-electron chi connectivity index (χ0n) is 11.3. The fourth-order valence-corrected chi connectivity index (χ4v) is 2.16. The number of rotatable bonds is 6. The smallest absolute Gasteiger partial charge is 0.270 e. The Bertz CT molecular complexity index is 505. The Kier molecular flexibility index (Phi) is 6.09. The predicted molar refractivity (Wildman–Crippen MR) is 78.6 cm³/mol. The maximum Gasteiger partial charge on any atom is 0.270 e. The molecule has 1 aromatic carbocycles. The van der Waals surface area contributed by atoms with Crippen molar-refractivity contribution >= 4 is 27.5 Å². The van der Waals surface area contributed by atoms with E-state index in [1.807, 2.05) is 13.8 Å². The van der Waals surface area contributed by atoms with Crippen LogP contribution in [0, 0.1) is 16.0 Å². The van der Waals surface area contributed by atoms with E-state index in [1.165, 1.54) is 18.2 Å². The first kappa shape index (κ1) is 16.6. The highest BCUT2D eigenvalue weighted by molar-refractivity contribution is 9.10. The van der Waals surface area contributed by atoms with Gasteiger partial charge in [-0.1, -0.05) is 13.8 Å². The molecule has 1 atom stereocenters. The number of aliphatic hydroxyl groups is 1. The molecule has 1 unspecified atom stereocenters. The second kappa shape index (κ2) is 7.35. The molecule has 0 radical (unpaired) electrons. The molecule has 0 heterocycles. The molecule has 0 aliphatic heterocycles. The standard InChI is InChI=1S/C13H17BrN2O4/c1-8(2)5-10(17)7-15-13(18)11-6-9(16(19)20)3-4-12(11)14/h3-4,6,8,10,17H,5,7H2,1-2H3,(H,15,18). The quantitative estimate of drug-likeness (QED) is 0.612. The van der Waals surface area contributed by atoms with E-state index in [4.69, 9.17) is 0 Å². The average Bonchev–Trinajstić information content (AvgIpc) is 2.35. The van der Waals surface area contributed by atoms with Gasteiger partial charge in [0.05, 0.1) is 16.6 Å². The number of hydrogen-bond donors (Lipinski definition) is 2. The molecule has 1 rings (SSSR count). The summed E-state index contributed by atoms with van der Waals surface area (Å²) in [4.78, 5) is 22.1. The van der Waals surface area contributed by atoms with Gasteiger partial charge in [-0.2, -0.15) is 0 Å². The first-order valence-corrected chi connectivity index (χ1v) is 7.00. The fourth-order valence-electron chi connectivity index (χ4n) is 1.73. The summed E-state index contributed by atoms with van der Waals surface area (Å²) in [6.07, 6.45) is -0.0486. The number of carbonyl (C=O) groups excluding carboxylic acids is 1. The Morgan fingerprint density at radius 2 is 2.15 bits per heavy atom. The highest BCUT2D eigenvalue weighted by atomic mass is 79.9. The van der Waals surface area contributed by atoms with Crippen molar-refractivity contribution in [3.8, 4) is 0 Å². The Morgan fingerprint density at radius 3 is 2.70 bits per heavy atom. The van der Waals surface area contributed by atoms with Gasteiger partial charge in [-0.3, -0.25) is 14.9 Å². The molecule has 7 heteroatoms. The van der Waals surface area contributed by atoms with Crippen molar-refractivity contribution in [1.29, 1.82) is 0 Å². The lowest BCUT2D eigenvalue weighted by molar-refractivity contribution is -0.384. The SMILES string of the molecule is CC(C)CC(O)CNC(=O)c1cc([N+](=O)[O-])ccc1Br.